The molecular formula is C14H26N2O2. The van der Waals surface area contributed by atoms with Crippen LogP contribution in [0.2, 0.25) is 0 Å². The third-order valence-corrected chi connectivity index (χ3v) is 4.28. The molecular weight excluding hydrogens is 228 g/mol. The first-order valence-corrected chi connectivity index (χ1v) is 7.25. The summed E-state index contributed by atoms with van der Waals surface area (Å²) in [6, 6.07) is 0.277. The van der Waals surface area contributed by atoms with Crippen molar-refractivity contribution in [3.63, 3.8) is 0 Å². The fourth-order valence-corrected chi connectivity index (χ4v) is 3.03. The van der Waals surface area contributed by atoms with Gasteiger partial charge in [-0.2, -0.15) is 0 Å². The summed E-state index contributed by atoms with van der Waals surface area (Å²) >= 11 is 0. The van der Waals surface area contributed by atoms with Gasteiger partial charge in [0.25, 0.3) is 0 Å². The molecule has 2 fully saturated rings. The number of piperidine rings is 1. The predicted octanol–water partition coefficient (Wildman–Crippen LogP) is 1.16. The first-order valence-electron chi connectivity index (χ1n) is 7.25. The number of hydrogen-bond acceptors (Lipinski definition) is 3. The van der Waals surface area contributed by atoms with Crippen LogP contribution < -0.4 is 10.6 Å². The largest absolute Gasteiger partial charge is 0.381 e. The van der Waals surface area contributed by atoms with E-state index in [0.717, 1.165) is 45.6 Å². The zero-order valence-corrected chi connectivity index (χ0v) is 11.6. The lowest BCUT2D eigenvalue weighted by Gasteiger charge is -2.31. The highest BCUT2D eigenvalue weighted by molar-refractivity contribution is 5.79. The van der Waals surface area contributed by atoms with Gasteiger partial charge in [-0.1, -0.05) is 6.92 Å². The summed E-state index contributed by atoms with van der Waals surface area (Å²) in [5.74, 6) is 1.56. The van der Waals surface area contributed by atoms with Crippen molar-refractivity contribution in [2.45, 2.75) is 39.2 Å². The molecule has 0 radical (unpaired) electrons. The molecule has 2 aliphatic rings. The van der Waals surface area contributed by atoms with E-state index in [0.29, 0.717) is 11.8 Å². The molecule has 0 bridgehead atoms. The number of ether oxygens (including phenoxy) is 1. The first-order chi connectivity index (χ1) is 8.66. The lowest BCUT2D eigenvalue weighted by atomic mass is 9.89. The lowest BCUT2D eigenvalue weighted by molar-refractivity contribution is -0.127. The maximum atomic E-state index is 12.2. The molecule has 0 saturated carbocycles. The minimum absolute atomic E-state index is 0.149. The normalized spacial score (nSPS) is 31.9. The minimum Gasteiger partial charge on any atom is -0.381 e. The fraction of sp³-hybridized carbons (Fsp3) is 0.929. The van der Waals surface area contributed by atoms with E-state index in [-0.39, 0.29) is 17.9 Å². The smallest absolute Gasteiger partial charge is 0.224 e. The Kier molecular flexibility index (Phi) is 5.01. The molecule has 0 spiro atoms. The van der Waals surface area contributed by atoms with Crippen LogP contribution in [0.15, 0.2) is 0 Å². The number of carbonyl (C=O) groups is 1. The van der Waals surface area contributed by atoms with Gasteiger partial charge in [0.2, 0.25) is 5.91 Å². The van der Waals surface area contributed by atoms with Gasteiger partial charge in [-0.25, -0.2) is 0 Å². The van der Waals surface area contributed by atoms with E-state index in [1.807, 2.05) is 0 Å². The van der Waals surface area contributed by atoms with Crippen LogP contribution in [0, 0.1) is 17.8 Å². The number of nitrogens with one attached hydrogen (secondary N) is 2. The average molecular weight is 254 g/mol. The standard InChI is InChI=1S/C14H26N2O2/c1-10-7-13(9-15-8-10)14(17)16-11(2)12-3-5-18-6-4-12/h10-13,15H,3-9H2,1-2H3,(H,16,17). The van der Waals surface area contributed by atoms with Crippen molar-refractivity contribution in [2.24, 2.45) is 17.8 Å². The second kappa shape index (κ2) is 6.53. The fourth-order valence-electron chi connectivity index (χ4n) is 3.03. The molecule has 2 N–H and O–H groups in total. The summed E-state index contributed by atoms with van der Waals surface area (Å²) in [6.45, 7) is 7.89. The summed E-state index contributed by atoms with van der Waals surface area (Å²) in [5.41, 5.74) is 0. The predicted molar refractivity (Wildman–Crippen MR) is 71.3 cm³/mol. The number of carbonyl (C=O) groups excluding carboxylic acids is 1. The van der Waals surface area contributed by atoms with Crippen LogP contribution in [0.25, 0.3) is 0 Å². The maximum Gasteiger partial charge on any atom is 0.224 e. The Hall–Kier alpha value is -0.610. The molecule has 2 heterocycles. The summed E-state index contributed by atoms with van der Waals surface area (Å²) in [6.07, 6.45) is 3.15. The van der Waals surface area contributed by atoms with Gasteiger partial charge in [0.1, 0.15) is 0 Å². The SMILES string of the molecule is CC1CNCC(C(=O)NC(C)C2CCOCC2)C1. The average Bonchev–Trinajstić information content (AvgIpc) is 2.39. The van der Waals surface area contributed by atoms with E-state index in [1.165, 1.54) is 0 Å². The van der Waals surface area contributed by atoms with E-state index in [2.05, 4.69) is 24.5 Å². The van der Waals surface area contributed by atoms with Gasteiger partial charge < -0.3 is 15.4 Å². The van der Waals surface area contributed by atoms with Crippen LogP contribution in [0.3, 0.4) is 0 Å². The van der Waals surface area contributed by atoms with Crippen LogP contribution in [0.1, 0.15) is 33.1 Å². The number of hydrogen-bond donors (Lipinski definition) is 2. The molecule has 0 aromatic heterocycles. The van der Waals surface area contributed by atoms with Gasteiger partial charge in [0.15, 0.2) is 0 Å². The Morgan fingerprint density at radius 3 is 2.72 bits per heavy atom. The quantitative estimate of drug-likeness (QED) is 0.795. The Morgan fingerprint density at radius 2 is 2.06 bits per heavy atom. The van der Waals surface area contributed by atoms with Crippen LogP contribution in [-0.2, 0) is 9.53 Å². The highest BCUT2D eigenvalue weighted by atomic mass is 16.5. The van der Waals surface area contributed by atoms with Gasteiger partial charge >= 0.3 is 0 Å². The molecule has 2 saturated heterocycles. The van der Waals surface area contributed by atoms with Crippen LogP contribution in [0.4, 0.5) is 0 Å². The van der Waals surface area contributed by atoms with Gasteiger partial charge in [0.05, 0.1) is 5.92 Å². The van der Waals surface area contributed by atoms with Crippen LogP contribution in [0.5, 0.6) is 0 Å². The molecule has 0 aromatic rings. The zero-order valence-electron chi connectivity index (χ0n) is 11.6. The second-order valence-corrected chi connectivity index (χ2v) is 5.94. The molecule has 104 valence electrons. The molecule has 2 aliphatic heterocycles. The van der Waals surface area contributed by atoms with Gasteiger partial charge in [-0.15, -0.1) is 0 Å². The molecule has 1 amide bonds. The molecule has 3 unspecified atom stereocenters. The first kappa shape index (κ1) is 13.8. The molecule has 0 aliphatic carbocycles. The molecule has 18 heavy (non-hydrogen) atoms. The number of amides is 1. The molecule has 4 nitrogen and oxygen atoms in total. The molecule has 4 heteroatoms. The molecule has 2 rings (SSSR count). The lowest BCUT2D eigenvalue weighted by Crippen LogP contribution is -2.48. The van der Waals surface area contributed by atoms with Crippen LogP contribution >= 0.6 is 0 Å². The molecule has 0 aromatic carbocycles. The number of rotatable bonds is 3. The van der Waals surface area contributed by atoms with Crippen molar-refractivity contribution in [3.8, 4) is 0 Å². The van der Waals surface area contributed by atoms with E-state index in [9.17, 15) is 4.79 Å². The Morgan fingerprint density at radius 1 is 1.33 bits per heavy atom. The van der Waals surface area contributed by atoms with Crippen molar-refractivity contribution >= 4 is 5.91 Å². The van der Waals surface area contributed by atoms with Crippen molar-refractivity contribution in [1.29, 1.82) is 0 Å². The van der Waals surface area contributed by atoms with Crippen molar-refractivity contribution in [3.05, 3.63) is 0 Å². The second-order valence-electron chi connectivity index (χ2n) is 5.94. The van der Waals surface area contributed by atoms with Gasteiger partial charge in [-0.3, -0.25) is 4.79 Å². The van der Waals surface area contributed by atoms with Crippen molar-refractivity contribution in [2.75, 3.05) is 26.3 Å². The Bertz CT molecular complexity index is 277. The zero-order chi connectivity index (χ0) is 13.0. The third-order valence-electron chi connectivity index (χ3n) is 4.28. The summed E-state index contributed by atoms with van der Waals surface area (Å²) in [4.78, 5) is 12.2. The summed E-state index contributed by atoms with van der Waals surface area (Å²) < 4.78 is 5.36. The van der Waals surface area contributed by atoms with E-state index in [1.54, 1.807) is 0 Å². The molecule has 3 atom stereocenters. The van der Waals surface area contributed by atoms with E-state index < -0.39 is 0 Å². The van der Waals surface area contributed by atoms with Gasteiger partial charge in [0, 0.05) is 25.8 Å². The van der Waals surface area contributed by atoms with Gasteiger partial charge in [-0.05, 0) is 44.6 Å². The summed E-state index contributed by atoms with van der Waals surface area (Å²) in [7, 11) is 0. The van der Waals surface area contributed by atoms with Crippen molar-refractivity contribution in [1.82, 2.24) is 10.6 Å². The highest BCUT2D eigenvalue weighted by Gasteiger charge is 2.28. The topological polar surface area (TPSA) is 50.4 Å². The Balaban J connectivity index is 1.78. The van der Waals surface area contributed by atoms with Crippen LogP contribution in [-0.4, -0.2) is 38.3 Å². The Labute approximate surface area is 110 Å². The van der Waals surface area contributed by atoms with Crippen molar-refractivity contribution < 1.29 is 9.53 Å². The monoisotopic (exact) mass is 254 g/mol. The maximum absolute atomic E-state index is 12.2. The third kappa shape index (κ3) is 3.69. The minimum atomic E-state index is 0.149. The highest BCUT2D eigenvalue weighted by Crippen LogP contribution is 2.20. The van der Waals surface area contributed by atoms with E-state index >= 15 is 0 Å². The van der Waals surface area contributed by atoms with E-state index in [4.69, 9.17) is 4.74 Å². The summed E-state index contributed by atoms with van der Waals surface area (Å²) in [5, 5.41) is 6.54.